The fourth-order valence-corrected chi connectivity index (χ4v) is 2.78. The van der Waals surface area contributed by atoms with Gasteiger partial charge in [0, 0.05) is 6.04 Å². The zero-order chi connectivity index (χ0) is 11.4. The highest BCUT2D eigenvalue weighted by Gasteiger charge is 2.21. The van der Waals surface area contributed by atoms with Crippen molar-refractivity contribution >= 4 is 0 Å². The summed E-state index contributed by atoms with van der Waals surface area (Å²) in [5.41, 5.74) is 0. The van der Waals surface area contributed by atoms with Gasteiger partial charge in [-0.05, 0) is 44.7 Å². The molecule has 1 unspecified atom stereocenters. The highest BCUT2D eigenvalue weighted by Crippen LogP contribution is 2.27. The van der Waals surface area contributed by atoms with Crippen molar-refractivity contribution < 1.29 is 4.42 Å². The third kappa shape index (κ3) is 2.88. The van der Waals surface area contributed by atoms with Crippen molar-refractivity contribution in [1.82, 2.24) is 5.32 Å². The van der Waals surface area contributed by atoms with Crippen LogP contribution in [0.4, 0.5) is 0 Å². The summed E-state index contributed by atoms with van der Waals surface area (Å²) in [7, 11) is 0. The molecule has 0 amide bonds. The Kier molecular flexibility index (Phi) is 4.05. The SMILES string of the molecule is CC(N[C@@H](C)c1ccco1)C1CCCCC1. The van der Waals surface area contributed by atoms with Crippen LogP contribution >= 0.6 is 0 Å². The predicted molar refractivity (Wildman–Crippen MR) is 66.3 cm³/mol. The van der Waals surface area contributed by atoms with Gasteiger partial charge in [-0.1, -0.05) is 19.3 Å². The van der Waals surface area contributed by atoms with E-state index >= 15 is 0 Å². The molecule has 0 aromatic carbocycles. The highest BCUT2D eigenvalue weighted by molar-refractivity contribution is 5.03. The Labute approximate surface area is 98.4 Å². The summed E-state index contributed by atoms with van der Waals surface area (Å²) in [5.74, 6) is 1.90. The van der Waals surface area contributed by atoms with Crippen molar-refractivity contribution in [2.75, 3.05) is 0 Å². The summed E-state index contributed by atoms with van der Waals surface area (Å²) < 4.78 is 5.42. The van der Waals surface area contributed by atoms with E-state index in [0.29, 0.717) is 12.1 Å². The van der Waals surface area contributed by atoms with Crippen LogP contribution in [0.3, 0.4) is 0 Å². The van der Waals surface area contributed by atoms with Crippen molar-refractivity contribution in [3.63, 3.8) is 0 Å². The van der Waals surface area contributed by atoms with Crippen LogP contribution in [0, 0.1) is 5.92 Å². The maximum Gasteiger partial charge on any atom is 0.120 e. The van der Waals surface area contributed by atoms with Crippen molar-refractivity contribution in [3.8, 4) is 0 Å². The van der Waals surface area contributed by atoms with Crippen LogP contribution in [-0.2, 0) is 0 Å². The van der Waals surface area contributed by atoms with Gasteiger partial charge >= 0.3 is 0 Å². The Morgan fingerprint density at radius 2 is 2.00 bits per heavy atom. The Balaban J connectivity index is 1.84. The van der Waals surface area contributed by atoms with E-state index in [0.717, 1.165) is 11.7 Å². The lowest BCUT2D eigenvalue weighted by Gasteiger charge is -2.30. The minimum atomic E-state index is 0.326. The van der Waals surface area contributed by atoms with Gasteiger partial charge in [-0.3, -0.25) is 0 Å². The Morgan fingerprint density at radius 3 is 2.62 bits per heavy atom. The number of hydrogen-bond donors (Lipinski definition) is 1. The molecule has 0 spiro atoms. The van der Waals surface area contributed by atoms with E-state index < -0.39 is 0 Å². The number of rotatable bonds is 4. The zero-order valence-electron chi connectivity index (χ0n) is 10.4. The smallest absolute Gasteiger partial charge is 0.120 e. The summed E-state index contributed by atoms with van der Waals surface area (Å²) in [6.07, 6.45) is 8.77. The van der Waals surface area contributed by atoms with Crippen LogP contribution in [0.5, 0.6) is 0 Å². The minimum Gasteiger partial charge on any atom is -0.468 e. The topological polar surface area (TPSA) is 25.2 Å². The molecule has 1 fully saturated rings. The van der Waals surface area contributed by atoms with E-state index in [-0.39, 0.29) is 0 Å². The molecule has 1 aliphatic rings. The summed E-state index contributed by atoms with van der Waals surface area (Å²) in [6, 6.07) is 4.93. The maximum atomic E-state index is 5.42. The van der Waals surface area contributed by atoms with Crippen LogP contribution in [0.1, 0.15) is 57.8 Å². The first-order valence-electron chi connectivity index (χ1n) is 6.57. The van der Waals surface area contributed by atoms with E-state index in [1.54, 1.807) is 6.26 Å². The minimum absolute atomic E-state index is 0.326. The van der Waals surface area contributed by atoms with Crippen LogP contribution in [0.25, 0.3) is 0 Å². The molecule has 1 aromatic heterocycles. The van der Waals surface area contributed by atoms with Gasteiger partial charge in [0.2, 0.25) is 0 Å². The number of hydrogen-bond acceptors (Lipinski definition) is 2. The average Bonchev–Trinajstić information content (AvgIpc) is 2.83. The molecule has 1 aromatic rings. The molecule has 16 heavy (non-hydrogen) atoms. The molecule has 2 rings (SSSR count). The molecule has 0 bridgehead atoms. The number of furan rings is 1. The first kappa shape index (κ1) is 11.7. The van der Waals surface area contributed by atoms with Gasteiger partial charge in [0.1, 0.15) is 5.76 Å². The molecule has 0 aliphatic heterocycles. The van der Waals surface area contributed by atoms with E-state index in [1.807, 2.05) is 12.1 Å². The largest absolute Gasteiger partial charge is 0.468 e. The van der Waals surface area contributed by atoms with E-state index in [1.165, 1.54) is 32.1 Å². The molecule has 1 aliphatic carbocycles. The third-order valence-corrected chi connectivity index (χ3v) is 3.84. The van der Waals surface area contributed by atoms with Crippen LogP contribution in [-0.4, -0.2) is 6.04 Å². The van der Waals surface area contributed by atoms with Gasteiger partial charge < -0.3 is 9.73 Å². The first-order valence-corrected chi connectivity index (χ1v) is 6.57. The van der Waals surface area contributed by atoms with Crippen molar-refractivity contribution in [3.05, 3.63) is 24.2 Å². The number of nitrogens with one attached hydrogen (secondary N) is 1. The van der Waals surface area contributed by atoms with Gasteiger partial charge in [0.05, 0.1) is 12.3 Å². The fourth-order valence-electron chi connectivity index (χ4n) is 2.78. The lowest BCUT2D eigenvalue weighted by molar-refractivity contribution is 0.259. The van der Waals surface area contributed by atoms with E-state index in [4.69, 9.17) is 4.42 Å². The average molecular weight is 221 g/mol. The summed E-state index contributed by atoms with van der Waals surface area (Å²) in [4.78, 5) is 0. The molecule has 0 saturated heterocycles. The van der Waals surface area contributed by atoms with Gasteiger partial charge in [-0.15, -0.1) is 0 Å². The third-order valence-electron chi connectivity index (χ3n) is 3.84. The normalized spacial score (nSPS) is 21.9. The molecular formula is C14H23NO. The van der Waals surface area contributed by atoms with E-state index in [2.05, 4.69) is 19.2 Å². The molecule has 1 heterocycles. The quantitative estimate of drug-likeness (QED) is 0.834. The zero-order valence-corrected chi connectivity index (χ0v) is 10.4. The predicted octanol–water partition coefficient (Wildman–Crippen LogP) is 3.90. The standard InChI is InChI=1S/C14H23NO/c1-11(13-7-4-3-5-8-13)15-12(2)14-9-6-10-16-14/h6,9-13,15H,3-5,7-8H2,1-2H3/t11?,12-/m0/s1. The second-order valence-corrected chi connectivity index (χ2v) is 5.09. The molecule has 1 saturated carbocycles. The lowest BCUT2D eigenvalue weighted by atomic mass is 9.84. The summed E-state index contributed by atoms with van der Waals surface area (Å²) in [5, 5.41) is 3.66. The first-order chi connectivity index (χ1) is 7.77. The lowest BCUT2D eigenvalue weighted by Crippen LogP contribution is -2.36. The highest BCUT2D eigenvalue weighted by atomic mass is 16.3. The molecule has 2 heteroatoms. The molecule has 2 nitrogen and oxygen atoms in total. The maximum absolute atomic E-state index is 5.42. The Bertz CT molecular complexity index is 288. The molecule has 90 valence electrons. The summed E-state index contributed by atoms with van der Waals surface area (Å²) >= 11 is 0. The van der Waals surface area contributed by atoms with Crippen molar-refractivity contribution in [2.24, 2.45) is 5.92 Å². The Morgan fingerprint density at radius 1 is 1.25 bits per heavy atom. The van der Waals surface area contributed by atoms with Crippen molar-refractivity contribution in [2.45, 2.75) is 58.0 Å². The Hall–Kier alpha value is -0.760. The van der Waals surface area contributed by atoms with Crippen LogP contribution < -0.4 is 5.32 Å². The monoisotopic (exact) mass is 221 g/mol. The van der Waals surface area contributed by atoms with Gasteiger partial charge in [-0.2, -0.15) is 0 Å². The second-order valence-electron chi connectivity index (χ2n) is 5.09. The second kappa shape index (κ2) is 5.53. The molecular weight excluding hydrogens is 198 g/mol. The molecule has 2 atom stereocenters. The fraction of sp³-hybridized carbons (Fsp3) is 0.714. The van der Waals surface area contributed by atoms with Crippen molar-refractivity contribution in [1.29, 1.82) is 0 Å². The van der Waals surface area contributed by atoms with Crippen LogP contribution in [0.2, 0.25) is 0 Å². The van der Waals surface area contributed by atoms with Gasteiger partial charge in [-0.25, -0.2) is 0 Å². The van der Waals surface area contributed by atoms with Gasteiger partial charge in [0.25, 0.3) is 0 Å². The molecule has 0 radical (unpaired) electrons. The van der Waals surface area contributed by atoms with Crippen LogP contribution in [0.15, 0.2) is 22.8 Å². The molecule has 1 N–H and O–H groups in total. The summed E-state index contributed by atoms with van der Waals surface area (Å²) in [6.45, 7) is 4.49. The van der Waals surface area contributed by atoms with E-state index in [9.17, 15) is 0 Å². The van der Waals surface area contributed by atoms with Gasteiger partial charge in [0.15, 0.2) is 0 Å².